The van der Waals surface area contributed by atoms with Crippen molar-refractivity contribution < 1.29 is 0 Å². The Morgan fingerprint density at radius 2 is 0.667 bits per heavy atom. The number of para-hydroxylation sites is 1. The molecule has 0 aromatic heterocycles. The fourth-order valence-corrected chi connectivity index (χ4v) is 9.18. The van der Waals surface area contributed by atoms with Crippen molar-refractivity contribution in [2.75, 3.05) is 4.90 Å². The van der Waals surface area contributed by atoms with Crippen LogP contribution in [0.3, 0.4) is 0 Å². The van der Waals surface area contributed by atoms with Crippen molar-refractivity contribution in [1.29, 1.82) is 0 Å². The first-order chi connectivity index (χ1) is 31.2. The highest BCUT2D eigenvalue weighted by Crippen LogP contribution is 2.44. The predicted octanol–water partition coefficient (Wildman–Crippen LogP) is 17.5. The normalized spacial score (nSPS) is 11.2. The van der Waals surface area contributed by atoms with Gasteiger partial charge in [0.2, 0.25) is 0 Å². The average Bonchev–Trinajstić information content (AvgIpc) is 3.37. The molecule has 11 rings (SSSR count). The number of hydrogen-bond acceptors (Lipinski definition) is 1. The summed E-state index contributed by atoms with van der Waals surface area (Å²) >= 11 is 0. The molecule has 11 aromatic carbocycles. The van der Waals surface area contributed by atoms with Crippen molar-refractivity contribution in [2.45, 2.75) is 0 Å². The van der Waals surface area contributed by atoms with E-state index in [2.05, 4.69) is 266 Å². The third-order valence-corrected chi connectivity index (χ3v) is 12.3. The van der Waals surface area contributed by atoms with E-state index in [9.17, 15) is 0 Å². The number of hydrogen-bond donors (Lipinski definition) is 0. The second kappa shape index (κ2) is 16.7. The Bertz CT molecular complexity index is 3340. The van der Waals surface area contributed by atoms with Gasteiger partial charge in [-0.15, -0.1) is 0 Å². The minimum atomic E-state index is 1.08. The standard InChI is InChI=1S/C62H43N/c1-3-15-44(16-4-1)45-29-31-49(32-30-45)58-25-11-12-28-61(58)63(54-38-33-46(34-39-54)52-22-13-23-53(43-52)57-27-14-21-47-17-7-9-24-56(47)57)55-40-35-50(36-41-55)60-42-37-48-18-8-10-26-59(48)62(60)51-19-5-2-6-20-51/h1-43H. The zero-order chi connectivity index (χ0) is 42.0. The summed E-state index contributed by atoms with van der Waals surface area (Å²) in [6, 6.07) is 94.6. The van der Waals surface area contributed by atoms with Crippen LogP contribution >= 0.6 is 0 Å². The molecule has 0 amide bonds. The van der Waals surface area contributed by atoms with Crippen molar-refractivity contribution in [2.24, 2.45) is 0 Å². The summed E-state index contributed by atoms with van der Waals surface area (Å²) in [5.41, 5.74) is 17.7. The van der Waals surface area contributed by atoms with Crippen LogP contribution in [-0.4, -0.2) is 0 Å². The number of anilines is 3. The Kier molecular flexibility index (Phi) is 9.97. The van der Waals surface area contributed by atoms with Crippen LogP contribution in [0.4, 0.5) is 17.1 Å². The second-order valence-electron chi connectivity index (χ2n) is 16.1. The van der Waals surface area contributed by atoms with Crippen molar-refractivity contribution in [3.05, 3.63) is 261 Å². The molecule has 1 nitrogen and oxygen atoms in total. The number of benzene rings is 11. The van der Waals surface area contributed by atoms with Gasteiger partial charge in [0.1, 0.15) is 0 Å². The quantitative estimate of drug-likeness (QED) is 0.141. The summed E-state index contributed by atoms with van der Waals surface area (Å²) in [5, 5.41) is 5.00. The van der Waals surface area contributed by atoms with E-state index in [1.54, 1.807) is 0 Å². The van der Waals surface area contributed by atoms with Crippen LogP contribution in [0, 0.1) is 0 Å². The number of nitrogens with zero attached hydrogens (tertiary/aromatic N) is 1. The molecule has 296 valence electrons. The average molecular weight is 802 g/mol. The Labute approximate surface area is 369 Å². The van der Waals surface area contributed by atoms with Gasteiger partial charge in [-0.25, -0.2) is 0 Å². The summed E-state index contributed by atoms with van der Waals surface area (Å²) in [7, 11) is 0. The lowest BCUT2D eigenvalue weighted by atomic mass is 9.89. The molecule has 0 saturated heterocycles. The molecule has 11 aromatic rings. The minimum absolute atomic E-state index is 1.08. The van der Waals surface area contributed by atoms with Gasteiger partial charge in [0.05, 0.1) is 5.69 Å². The predicted molar refractivity (Wildman–Crippen MR) is 269 cm³/mol. The number of rotatable bonds is 9. The molecule has 0 fully saturated rings. The van der Waals surface area contributed by atoms with Crippen LogP contribution < -0.4 is 4.90 Å². The Balaban J connectivity index is 1.01. The molecule has 0 aliphatic carbocycles. The highest BCUT2D eigenvalue weighted by Gasteiger charge is 2.19. The smallest absolute Gasteiger partial charge is 0.0540 e. The van der Waals surface area contributed by atoms with Crippen LogP contribution in [-0.2, 0) is 0 Å². The summed E-state index contributed by atoms with van der Waals surface area (Å²) in [6.07, 6.45) is 0. The molecule has 63 heavy (non-hydrogen) atoms. The molecule has 0 unspecified atom stereocenters. The van der Waals surface area contributed by atoms with Crippen molar-refractivity contribution >= 4 is 38.6 Å². The molecular weight excluding hydrogens is 759 g/mol. The molecule has 1 heteroatoms. The van der Waals surface area contributed by atoms with E-state index >= 15 is 0 Å². The van der Waals surface area contributed by atoms with Gasteiger partial charge in [-0.1, -0.05) is 224 Å². The first-order valence-corrected chi connectivity index (χ1v) is 21.7. The molecule has 0 atom stereocenters. The zero-order valence-electron chi connectivity index (χ0n) is 34.8. The summed E-state index contributed by atoms with van der Waals surface area (Å²) in [5.74, 6) is 0. The second-order valence-corrected chi connectivity index (χ2v) is 16.1. The van der Waals surface area contributed by atoms with Crippen molar-refractivity contribution in [3.8, 4) is 66.8 Å². The SMILES string of the molecule is c1ccc(-c2ccc(-c3ccccc3N(c3ccc(-c4cccc(-c5cccc6ccccc56)c4)cc3)c3ccc(-c4ccc5ccccc5c4-c4ccccc4)cc3)cc2)cc1. The van der Waals surface area contributed by atoms with Crippen LogP contribution in [0.15, 0.2) is 261 Å². The number of fused-ring (bicyclic) bond motifs is 2. The van der Waals surface area contributed by atoms with E-state index in [1.807, 2.05) is 0 Å². The molecule has 0 aliphatic rings. The van der Waals surface area contributed by atoms with E-state index in [-0.39, 0.29) is 0 Å². The van der Waals surface area contributed by atoms with E-state index in [0.29, 0.717) is 0 Å². The monoisotopic (exact) mass is 801 g/mol. The topological polar surface area (TPSA) is 3.24 Å². The molecule has 0 radical (unpaired) electrons. The highest BCUT2D eigenvalue weighted by molar-refractivity contribution is 6.04. The molecular formula is C62H43N. The summed E-state index contributed by atoms with van der Waals surface area (Å²) in [4.78, 5) is 2.40. The third-order valence-electron chi connectivity index (χ3n) is 12.3. The van der Waals surface area contributed by atoms with Gasteiger partial charge in [0.15, 0.2) is 0 Å². The van der Waals surface area contributed by atoms with Gasteiger partial charge >= 0.3 is 0 Å². The fraction of sp³-hybridized carbons (Fsp3) is 0. The van der Waals surface area contributed by atoms with Crippen molar-refractivity contribution in [1.82, 2.24) is 0 Å². The minimum Gasteiger partial charge on any atom is -0.310 e. The zero-order valence-corrected chi connectivity index (χ0v) is 34.8. The first kappa shape index (κ1) is 37.7. The summed E-state index contributed by atoms with van der Waals surface area (Å²) < 4.78 is 0. The maximum absolute atomic E-state index is 2.40. The van der Waals surface area contributed by atoms with E-state index in [0.717, 1.165) is 28.2 Å². The largest absolute Gasteiger partial charge is 0.310 e. The van der Waals surface area contributed by atoms with Gasteiger partial charge in [0, 0.05) is 16.9 Å². The molecule has 0 heterocycles. The van der Waals surface area contributed by atoms with Crippen molar-refractivity contribution in [3.63, 3.8) is 0 Å². The van der Waals surface area contributed by atoms with Crippen LogP contribution in [0.5, 0.6) is 0 Å². The van der Waals surface area contributed by atoms with Crippen LogP contribution in [0.25, 0.3) is 88.3 Å². The van der Waals surface area contributed by atoms with Gasteiger partial charge in [-0.05, 0) is 119 Å². The Hall–Kier alpha value is -8.26. The van der Waals surface area contributed by atoms with E-state index < -0.39 is 0 Å². The maximum atomic E-state index is 2.40. The Morgan fingerprint density at radius 1 is 0.222 bits per heavy atom. The van der Waals surface area contributed by atoms with Gasteiger partial charge in [0.25, 0.3) is 0 Å². The highest BCUT2D eigenvalue weighted by atomic mass is 15.1. The summed E-state index contributed by atoms with van der Waals surface area (Å²) in [6.45, 7) is 0. The molecule has 0 saturated carbocycles. The molecule has 0 aliphatic heterocycles. The first-order valence-electron chi connectivity index (χ1n) is 21.7. The fourth-order valence-electron chi connectivity index (χ4n) is 9.18. The third kappa shape index (κ3) is 7.37. The van der Waals surface area contributed by atoms with E-state index in [1.165, 1.54) is 77.2 Å². The van der Waals surface area contributed by atoms with Crippen LogP contribution in [0.2, 0.25) is 0 Å². The lowest BCUT2D eigenvalue weighted by Gasteiger charge is -2.28. The van der Waals surface area contributed by atoms with E-state index in [4.69, 9.17) is 0 Å². The van der Waals surface area contributed by atoms with Crippen LogP contribution in [0.1, 0.15) is 0 Å². The maximum Gasteiger partial charge on any atom is 0.0540 e. The molecule has 0 N–H and O–H groups in total. The van der Waals surface area contributed by atoms with Gasteiger partial charge < -0.3 is 4.90 Å². The lowest BCUT2D eigenvalue weighted by molar-refractivity contribution is 1.28. The molecule has 0 spiro atoms. The lowest BCUT2D eigenvalue weighted by Crippen LogP contribution is -2.11. The Morgan fingerprint density at radius 3 is 1.40 bits per heavy atom. The van der Waals surface area contributed by atoms with Gasteiger partial charge in [-0.2, -0.15) is 0 Å². The van der Waals surface area contributed by atoms with Gasteiger partial charge in [-0.3, -0.25) is 0 Å². The molecule has 0 bridgehead atoms.